The zero-order chi connectivity index (χ0) is 28.5. The molecule has 1 aromatic carbocycles. The molecule has 0 saturated heterocycles. The number of hydrogen-bond acceptors (Lipinski definition) is 5. The Kier molecular flexibility index (Phi) is 10.4. The summed E-state index contributed by atoms with van der Waals surface area (Å²) in [6.07, 6.45) is 1.63. The normalized spacial score (nSPS) is 15.8. The number of ether oxygens (including phenoxy) is 2. The maximum atomic E-state index is 12.5. The van der Waals surface area contributed by atoms with Crippen LogP contribution in [0.1, 0.15) is 63.6 Å². The lowest BCUT2D eigenvalue weighted by atomic mass is 9.82. The van der Waals surface area contributed by atoms with Gasteiger partial charge in [0.2, 0.25) is 5.91 Å². The van der Waals surface area contributed by atoms with Crippen molar-refractivity contribution in [2.45, 2.75) is 64.1 Å². The van der Waals surface area contributed by atoms with Gasteiger partial charge in [-0.2, -0.15) is 13.2 Å². The van der Waals surface area contributed by atoms with E-state index in [0.717, 1.165) is 41.7 Å². The van der Waals surface area contributed by atoms with Crippen LogP contribution in [-0.4, -0.2) is 37.3 Å². The summed E-state index contributed by atoms with van der Waals surface area (Å²) < 4.78 is 48.0. The molecule has 1 saturated carbocycles. The smallest absolute Gasteiger partial charge is 0.389 e. The third-order valence-electron chi connectivity index (χ3n) is 7.12. The van der Waals surface area contributed by atoms with Gasteiger partial charge in [-0.3, -0.25) is 9.78 Å². The fourth-order valence-corrected chi connectivity index (χ4v) is 4.48. The Morgan fingerprint density at radius 3 is 2.38 bits per heavy atom. The van der Waals surface area contributed by atoms with E-state index < -0.39 is 18.1 Å². The number of carbonyl (C=O) groups excluding carboxylic acids is 1. The van der Waals surface area contributed by atoms with E-state index in [2.05, 4.69) is 22.2 Å². The number of amides is 1. The molecule has 2 N–H and O–H groups in total. The van der Waals surface area contributed by atoms with Crippen LogP contribution >= 0.6 is 0 Å². The summed E-state index contributed by atoms with van der Waals surface area (Å²) in [6.45, 7) is 8.30. The van der Waals surface area contributed by atoms with Crippen molar-refractivity contribution in [1.82, 2.24) is 15.6 Å². The van der Waals surface area contributed by atoms with Gasteiger partial charge in [-0.25, -0.2) is 0 Å². The van der Waals surface area contributed by atoms with Gasteiger partial charge >= 0.3 is 6.18 Å². The number of nitrogens with zero attached hydrogens (tertiary/aromatic N) is 1. The number of carbonyl (C=O) groups is 1. The zero-order valence-electron chi connectivity index (χ0n) is 22.9. The first-order valence-electron chi connectivity index (χ1n) is 13.2. The van der Waals surface area contributed by atoms with Crippen LogP contribution < -0.4 is 20.1 Å². The lowest BCUT2D eigenvalue weighted by Crippen LogP contribution is -2.37. The molecule has 2 aromatic rings. The first-order chi connectivity index (χ1) is 18.5. The largest absolute Gasteiger partial charge is 0.495 e. The number of halogens is 3. The van der Waals surface area contributed by atoms with E-state index >= 15 is 0 Å². The molecule has 3 rings (SSSR count). The van der Waals surface area contributed by atoms with Crippen LogP contribution in [0.15, 0.2) is 60.9 Å². The van der Waals surface area contributed by atoms with Crippen molar-refractivity contribution in [1.29, 1.82) is 0 Å². The predicted molar refractivity (Wildman–Crippen MR) is 146 cm³/mol. The Balaban J connectivity index is 1.82. The first kappa shape index (κ1) is 30.1. The lowest BCUT2D eigenvalue weighted by molar-refractivity contribution is -0.136. The Bertz CT molecular complexity index is 1130. The highest BCUT2D eigenvalue weighted by molar-refractivity contribution is 5.80. The quantitative estimate of drug-likeness (QED) is 0.264. The van der Waals surface area contributed by atoms with Gasteiger partial charge in [0.05, 0.1) is 31.1 Å². The van der Waals surface area contributed by atoms with Gasteiger partial charge in [0.15, 0.2) is 0 Å². The van der Waals surface area contributed by atoms with Gasteiger partial charge in [0, 0.05) is 25.3 Å². The highest BCUT2D eigenvalue weighted by atomic mass is 19.4. The molecular weight excluding hydrogens is 507 g/mol. The summed E-state index contributed by atoms with van der Waals surface area (Å²) in [5.74, 6) is 1.33. The van der Waals surface area contributed by atoms with E-state index in [1.54, 1.807) is 31.6 Å². The Labute approximate surface area is 228 Å². The van der Waals surface area contributed by atoms with Gasteiger partial charge in [-0.15, -0.1) is 0 Å². The molecular formula is C30H38F3N3O3. The molecule has 1 atom stereocenters. The van der Waals surface area contributed by atoms with Gasteiger partial charge in [0.25, 0.3) is 0 Å². The van der Waals surface area contributed by atoms with E-state index in [1.807, 2.05) is 38.1 Å². The predicted octanol–water partition coefficient (Wildman–Crippen LogP) is 6.54. The Morgan fingerprint density at radius 1 is 1.15 bits per heavy atom. The minimum Gasteiger partial charge on any atom is -0.495 e. The molecule has 9 heteroatoms. The average Bonchev–Trinajstić information content (AvgIpc) is 2.87. The van der Waals surface area contributed by atoms with Crippen molar-refractivity contribution < 1.29 is 27.4 Å². The van der Waals surface area contributed by atoms with Gasteiger partial charge < -0.3 is 20.1 Å². The molecule has 6 nitrogen and oxygen atoms in total. The topological polar surface area (TPSA) is 72.5 Å². The van der Waals surface area contributed by atoms with Gasteiger partial charge in [0.1, 0.15) is 11.5 Å². The van der Waals surface area contributed by atoms with Crippen LogP contribution in [0.25, 0.3) is 5.57 Å². The molecule has 1 aliphatic rings. The van der Waals surface area contributed by atoms with E-state index in [9.17, 15) is 18.0 Å². The number of nitrogens with one attached hydrogen (secondary N) is 2. The highest BCUT2D eigenvalue weighted by Crippen LogP contribution is 2.35. The van der Waals surface area contributed by atoms with Gasteiger partial charge in [-0.1, -0.05) is 25.1 Å². The van der Waals surface area contributed by atoms with Crippen molar-refractivity contribution in [3.05, 3.63) is 72.2 Å². The molecule has 0 aliphatic heterocycles. The number of methoxy groups -OCH3 is 1. The fourth-order valence-electron chi connectivity index (χ4n) is 4.48. The Morgan fingerprint density at radius 2 is 1.85 bits per heavy atom. The molecule has 0 radical (unpaired) electrons. The average molecular weight is 546 g/mol. The molecule has 0 bridgehead atoms. The van der Waals surface area contributed by atoms with Crippen molar-refractivity contribution in [3.8, 4) is 11.5 Å². The standard InChI is InChI=1S/C30H38F3N3O3/c1-5-36-29(3,23-10-12-24(13-11-23)39-17-7-16-30(31,32)33)18-26(27-15-14-25(38-4)20-34-27)21(2)19-35-28(37)22-8-6-9-22/h5,10-15,20,22,36H,1,6-9,16-19H2,2-4H3,(H,35,37)/b26-21-/t29-/m0/s1. The minimum atomic E-state index is -4.19. The molecule has 39 heavy (non-hydrogen) atoms. The van der Waals surface area contributed by atoms with Gasteiger partial charge in [-0.05, 0) is 80.3 Å². The lowest BCUT2D eigenvalue weighted by Gasteiger charge is -2.33. The maximum Gasteiger partial charge on any atom is 0.389 e. The van der Waals surface area contributed by atoms with Crippen LogP contribution in [-0.2, 0) is 10.3 Å². The summed E-state index contributed by atoms with van der Waals surface area (Å²) >= 11 is 0. The third kappa shape index (κ3) is 8.76. The first-order valence-corrected chi connectivity index (χ1v) is 13.2. The van der Waals surface area contributed by atoms with E-state index in [1.165, 1.54) is 0 Å². The monoisotopic (exact) mass is 545 g/mol. The molecule has 1 amide bonds. The van der Waals surface area contributed by atoms with Crippen molar-refractivity contribution in [3.63, 3.8) is 0 Å². The third-order valence-corrected chi connectivity index (χ3v) is 7.12. The number of pyridine rings is 1. The number of benzene rings is 1. The number of aromatic nitrogens is 1. The molecule has 1 fully saturated rings. The van der Waals surface area contributed by atoms with Crippen LogP contribution in [0, 0.1) is 5.92 Å². The van der Waals surface area contributed by atoms with E-state index in [4.69, 9.17) is 9.47 Å². The maximum absolute atomic E-state index is 12.5. The summed E-state index contributed by atoms with van der Waals surface area (Å²) in [5.41, 5.74) is 3.06. The molecule has 1 aliphatic carbocycles. The second-order valence-electron chi connectivity index (χ2n) is 10.1. The number of rotatable bonds is 14. The highest BCUT2D eigenvalue weighted by Gasteiger charge is 2.30. The van der Waals surface area contributed by atoms with Crippen molar-refractivity contribution >= 4 is 11.5 Å². The van der Waals surface area contributed by atoms with E-state index in [-0.39, 0.29) is 24.9 Å². The zero-order valence-corrected chi connectivity index (χ0v) is 22.9. The molecule has 0 unspecified atom stereocenters. The van der Waals surface area contributed by atoms with Crippen molar-refractivity contribution in [2.24, 2.45) is 5.92 Å². The second kappa shape index (κ2) is 13.5. The summed E-state index contributed by atoms with van der Waals surface area (Å²) in [7, 11) is 1.59. The Hall–Kier alpha value is -3.49. The van der Waals surface area contributed by atoms with Crippen LogP contribution in [0.4, 0.5) is 13.2 Å². The van der Waals surface area contributed by atoms with E-state index in [0.29, 0.717) is 24.5 Å². The molecule has 1 heterocycles. The number of hydrogen-bond donors (Lipinski definition) is 2. The van der Waals surface area contributed by atoms with Crippen LogP contribution in [0.3, 0.4) is 0 Å². The van der Waals surface area contributed by atoms with Crippen molar-refractivity contribution in [2.75, 3.05) is 20.3 Å². The SMILES string of the molecule is C=CN[C@@](C)(C/C(=C(\C)CNC(=O)C1CCC1)c1ccc(OC)cn1)c1ccc(OCCCC(F)(F)F)cc1. The molecule has 1 aromatic heterocycles. The van der Waals surface area contributed by atoms with Crippen LogP contribution in [0.5, 0.6) is 11.5 Å². The number of alkyl halides is 3. The molecule has 212 valence electrons. The summed E-state index contributed by atoms with van der Waals surface area (Å²) in [6, 6.07) is 11.0. The summed E-state index contributed by atoms with van der Waals surface area (Å²) in [4.78, 5) is 17.1. The fraction of sp³-hybridized carbons (Fsp3) is 0.467. The van der Waals surface area contributed by atoms with Crippen LogP contribution in [0.2, 0.25) is 0 Å². The summed E-state index contributed by atoms with van der Waals surface area (Å²) in [5, 5.41) is 6.45. The minimum absolute atomic E-state index is 0.0111. The second-order valence-corrected chi connectivity index (χ2v) is 10.1. The molecule has 0 spiro atoms.